The van der Waals surface area contributed by atoms with E-state index in [9.17, 15) is 4.79 Å². The Balaban J connectivity index is 1.29. The van der Waals surface area contributed by atoms with E-state index < -0.39 is 0 Å². The third-order valence-electron chi connectivity index (χ3n) is 3.97. The molecule has 2 aromatic heterocycles. The quantitative estimate of drug-likeness (QED) is 0.767. The van der Waals surface area contributed by atoms with Gasteiger partial charge in [0.15, 0.2) is 0 Å². The molecule has 3 heterocycles. The number of amides is 2. The first-order valence-corrected chi connectivity index (χ1v) is 8.02. The number of nitrogens with one attached hydrogen (secondary N) is 2. The number of nitrogens with zero attached hydrogens (tertiary/aromatic N) is 3. The molecule has 1 aliphatic heterocycles. The molecule has 7 nitrogen and oxygen atoms in total. The summed E-state index contributed by atoms with van der Waals surface area (Å²) >= 11 is 0. The van der Waals surface area contributed by atoms with Gasteiger partial charge in [0.05, 0.1) is 30.3 Å². The fourth-order valence-corrected chi connectivity index (χ4v) is 2.77. The molecule has 0 saturated heterocycles. The van der Waals surface area contributed by atoms with Crippen molar-refractivity contribution >= 4 is 11.7 Å². The van der Waals surface area contributed by atoms with Crippen molar-refractivity contribution in [3.63, 3.8) is 0 Å². The maximum absolute atomic E-state index is 12.1. The molecule has 25 heavy (non-hydrogen) atoms. The molecule has 0 bridgehead atoms. The molecule has 0 radical (unpaired) electrons. The molecule has 0 aliphatic carbocycles. The molecule has 1 aromatic carbocycles. The van der Waals surface area contributed by atoms with Crippen LogP contribution in [0.25, 0.3) is 5.69 Å². The lowest BCUT2D eigenvalue weighted by atomic mass is 10.1. The van der Waals surface area contributed by atoms with Crippen LogP contribution in [-0.4, -0.2) is 33.4 Å². The van der Waals surface area contributed by atoms with Crippen molar-refractivity contribution in [2.75, 3.05) is 11.9 Å². The van der Waals surface area contributed by atoms with E-state index in [4.69, 9.17) is 4.74 Å². The lowest BCUT2D eigenvalue weighted by Gasteiger charge is -2.12. The second-order valence-electron chi connectivity index (χ2n) is 5.77. The molecular formula is C18H17N5O2. The minimum absolute atomic E-state index is 0.0392. The summed E-state index contributed by atoms with van der Waals surface area (Å²) in [5, 5.41) is 9.83. The van der Waals surface area contributed by atoms with Gasteiger partial charge in [-0.2, -0.15) is 5.10 Å². The summed E-state index contributed by atoms with van der Waals surface area (Å²) in [5.41, 5.74) is 2.67. The number of anilines is 1. The molecule has 2 amide bonds. The van der Waals surface area contributed by atoms with Crippen LogP contribution in [0.15, 0.2) is 61.2 Å². The fraction of sp³-hybridized carbons (Fsp3) is 0.167. The number of benzene rings is 1. The number of para-hydroxylation sites is 1. The van der Waals surface area contributed by atoms with Crippen LogP contribution < -0.4 is 15.4 Å². The van der Waals surface area contributed by atoms with Crippen molar-refractivity contribution in [3.05, 3.63) is 66.7 Å². The second-order valence-corrected chi connectivity index (χ2v) is 5.77. The van der Waals surface area contributed by atoms with E-state index in [1.54, 1.807) is 29.5 Å². The number of ether oxygens (including phenoxy) is 1. The summed E-state index contributed by atoms with van der Waals surface area (Å²) in [7, 11) is 0. The van der Waals surface area contributed by atoms with Gasteiger partial charge in [0, 0.05) is 18.8 Å². The zero-order valence-electron chi connectivity index (χ0n) is 13.4. The topological polar surface area (TPSA) is 81.1 Å². The Bertz CT molecular complexity index is 853. The minimum Gasteiger partial charge on any atom is -0.488 e. The molecule has 126 valence electrons. The smallest absolute Gasteiger partial charge is 0.319 e. The summed E-state index contributed by atoms with van der Waals surface area (Å²) < 4.78 is 7.48. The van der Waals surface area contributed by atoms with E-state index in [1.807, 2.05) is 36.4 Å². The highest BCUT2D eigenvalue weighted by Gasteiger charge is 2.22. The number of carbonyl (C=O) groups is 1. The monoisotopic (exact) mass is 335 g/mol. The van der Waals surface area contributed by atoms with Crippen LogP contribution in [0.3, 0.4) is 0 Å². The van der Waals surface area contributed by atoms with Gasteiger partial charge < -0.3 is 15.4 Å². The SMILES string of the molecule is O=C(NCC1Cc2ccccc2O1)Nc1cnn(-c2ccncc2)c1. The van der Waals surface area contributed by atoms with E-state index in [0.29, 0.717) is 12.2 Å². The Kier molecular flexibility index (Phi) is 4.04. The van der Waals surface area contributed by atoms with E-state index in [1.165, 1.54) is 5.56 Å². The van der Waals surface area contributed by atoms with Gasteiger partial charge in [-0.3, -0.25) is 4.98 Å². The number of fused-ring (bicyclic) bond motifs is 1. The number of rotatable bonds is 4. The summed E-state index contributed by atoms with van der Waals surface area (Å²) in [5.74, 6) is 0.897. The average molecular weight is 335 g/mol. The highest BCUT2D eigenvalue weighted by Crippen LogP contribution is 2.27. The Morgan fingerprint density at radius 3 is 2.92 bits per heavy atom. The van der Waals surface area contributed by atoms with Crippen LogP contribution in [0.1, 0.15) is 5.56 Å². The van der Waals surface area contributed by atoms with Crippen LogP contribution in [-0.2, 0) is 6.42 Å². The maximum atomic E-state index is 12.1. The Labute approximate surface area is 144 Å². The first kappa shape index (κ1) is 15.2. The molecule has 4 rings (SSSR count). The molecule has 2 N–H and O–H groups in total. The summed E-state index contributed by atoms with van der Waals surface area (Å²) in [6.07, 6.45) is 7.49. The number of urea groups is 1. The van der Waals surface area contributed by atoms with Gasteiger partial charge in [0.25, 0.3) is 0 Å². The highest BCUT2D eigenvalue weighted by molar-refractivity contribution is 5.88. The normalized spacial score (nSPS) is 15.3. The molecule has 0 fully saturated rings. The summed E-state index contributed by atoms with van der Waals surface area (Å²) in [6.45, 7) is 0.443. The first-order chi connectivity index (χ1) is 12.3. The number of aromatic nitrogens is 3. The summed E-state index contributed by atoms with van der Waals surface area (Å²) in [4.78, 5) is 16.0. The van der Waals surface area contributed by atoms with Gasteiger partial charge in [-0.05, 0) is 23.8 Å². The Morgan fingerprint density at radius 1 is 1.24 bits per heavy atom. The molecular weight excluding hydrogens is 318 g/mol. The molecule has 7 heteroatoms. The first-order valence-electron chi connectivity index (χ1n) is 8.02. The van der Waals surface area contributed by atoms with Crippen LogP contribution in [0.5, 0.6) is 5.75 Å². The maximum Gasteiger partial charge on any atom is 0.319 e. The van der Waals surface area contributed by atoms with Crippen molar-refractivity contribution in [3.8, 4) is 11.4 Å². The van der Waals surface area contributed by atoms with Gasteiger partial charge in [-0.25, -0.2) is 9.48 Å². The lowest BCUT2D eigenvalue weighted by Crippen LogP contribution is -2.37. The zero-order valence-corrected chi connectivity index (χ0v) is 13.4. The predicted octanol–water partition coefficient (Wildman–Crippen LogP) is 2.39. The number of hydrogen-bond acceptors (Lipinski definition) is 4. The lowest BCUT2D eigenvalue weighted by molar-refractivity contribution is 0.219. The van der Waals surface area contributed by atoms with Crippen LogP contribution in [0, 0.1) is 0 Å². The van der Waals surface area contributed by atoms with Crippen molar-refractivity contribution in [1.29, 1.82) is 0 Å². The van der Waals surface area contributed by atoms with Gasteiger partial charge >= 0.3 is 6.03 Å². The average Bonchev–Trinajstić information content (AvgIpc) is 3.27. The van der Waals surface area contributed by atoms with Crippen LogP contribution in [0.2, 0.25) is 0 Å². The molecule has 1 aliphatic rings. The van der Waals surface area contributed by atoms with Crippen molar-refractivity contribution in [2.24, 2.45) is 0 Å². The summed E-state index contributed by atoms with van der Waals surface area (Å²) in [6, 6.07) is 11.3. The third-order valence-corrected chi connectivity index (χ3v) is 3.97. The minimum atomic E-state index is -0.283. The fourth-order valence-electron chi connectivity index (χ4n) is 2.77. The van der Waals surface area contributed by atoms with E-state index in [-0.39, 0.29) is 12.1 Å². The van der Waals surface area contributed by atoms with Crippen LogP contribution >= 0.6 is 0 Å². The number of hydrogen-bond donors (Lipinski definition) is 2. The molecule has 3 aromatic rings. The predicted molar refractivity (Wildman–Crippen MR) is 92.9 cm³/mol. The molecule has 0 spiro atoms. The molecule has 0 saturated carbocycles. The van der Waals surface area contributed by atoms with Gasteiger partial charge in [-0.1, -0.05) is 18.2 Å². The van der Waals surface area contributed by atoms with Crippen molar-refractivity contribution in [1.82, 2.24) is 20.1 Å². The Hall–Kier alpha value is -3.35. The van der Waals surface area contributed by atoms with E-state index in [2.05, 4.69) is 20.7 Å². The van der Waals surface area contributed by atoms with E-state index in [0.717, 1.165) is 17.9 Å². The highest BCUT2D eigenvalue weighted by atomic mass is 16.5. The van der Waals surface area contributed by atoms with Crippen molar-refractivity contribution < 1.29 is 9.53 Å². The molecule has 1 atom stereocenters. The second kappa shape index (κ2) is 6.64. The third kappa shape index (κ3) is 3.45. The van der Waals surface area contributed by atoms with Gasteiger partial charge in [-0.15, -0.1) is 0 Å². The molecule has 1 unspecified atom stereocenters. The van der Waals surface area contributed by atoms with Crippen LogP contribution in [0.4, 0.5) is 10.5 Å². The number of carbonyl (C=O) groups excluding carboxylic acids is 1. The standard InChI is InChI=1S/C18H17N5O2/c24-18(20-11-16-9-13-3-1-2-4-17(13)25-16)22-14-10-21-23(12-14)15-5-7-19-8-6-15/h1-8,10,12,16H,9,11H2,(H2,20,22,24). The van der Waals surface area contributed by atoms with Gasteiger partial charge in [0.2, 0.25) is 0 Å². The van der Waals surface area contributed by atoms with E-state index >= 15 is 0 Å². The van der Waals surface area contributed by atoms with Crippen molar-refractivity contribution in [2.45, 2.75) is 12.5 Å². The zero-order chi connectivity index (χ0) is 17.1. The Morgan fingerprint density at radius 2 is 2.08 bits per heavy atom. The largest absolute Gasteiger partial charge is 0.488 e. The van der Waals surface area contributed by atoms with Gasteiger partial charge in [0.1, 0.15) is 11.9 Å². The number of pyridine rings is 1.